The van der Waals surface area contributed by atoms with E-state index in [0.29, 0.717) is 23.7 Å². The van der Waals surface area contributed by atoms with Crippen molar-refractivity contribution in [3.05, 3.63) is 52.8 Å². The van der Waals surface area contributed by atoms with Gasteiger partial charge in [0.05, 0.1) is 24.9 Å². The summed E-state index contributed by atoms with van der Waals surface area (Å²) in [4.78, 5) is 12.0. The number of nitrogens with one attached hydrogen (secondary N) is 1. The van der Waals surface area contributed by atoms with Crippen LogP contribution in [0.2, 0.25) is 5.02 Å². The van der Waals surface area contributed by atoms with Crippen molar-refractivity contribution in [1.82, 2.24) is 15.1 Å². The number of hydrogen-bond acceptors (Lipinski definition) is 3. The van der Waals surface area contributed by atoms with Crippen molar-refractivity contribution < 1.29 is 9.53 Å². The third-order valence-electron chi connectivity index (χ3n) is 2.98. The molecule has 0 aliphatic carbocycles. The Morgan fingerprint density at radius 1 is 1.48 bits per heavy atom. The Labute approximate surface area is 128 Å². The smallest absolute Gasteiger partial charge is 0.254 e. The first-order chi connectivity index (χ1) is 10.1. The standard InChI is InChI=1S/C15H18ClN3O2/c1-11(10-21-2)18-15(20)13-7-17-19(9-13)8-12-5-3-4-6-14(12)16/h3-7,9,11H,8,10H2,1-2H3,(H,18,20). The molecule has 2 aromatic rings. The minimum Gasteiger partial charge on any atom is -0.383 e. The summed E-state index contributed by atoms with van der Waals surface area (Å²) in [6, 6.07) is 7.52. The highest BCUT2D eigenvalue weighted by Crippen LogP contribution is 2.16. The summed E-state index contributed by atoms with van der Waals surface area (Å²) >= 11 is 6.11. The molecule has 1 atom stereocenters. The van der Waals surface area contributed by atoms with E-state index in [1.165, 1.54) is 0 Å². The van der Waals surface area contributed by atoms with Crippen LogP contribution in [-0.2, 0) is 11.3 Å². The van der Waals surface area contributed by atoms with Crippen LogP contribution in [0.4, 0.5) is 0 Å². The average Bonchev–Trinajstić information content (AvgIpc) is 2.90. The molecular weight excluding hydrogens is 290 g/mol. The zero-order valence-electron chi connectivity index (χ0n) is 12.0. The number of amides is 1. The summed E-state index contributed by atoms with van der Waals surface area (Å²) in [5.41, 5.74) is 1.48. The van der Waals surface area contributed by atoms with Crippen LogP contribution in [-0.4, -0.2) is 35.4 Å². The summed E-state index contributed by atoms with van der Waals surface area (Å²) in [6.45, 7) is 2.88. The van der Waals surface area contributed by atoms with Crippen molar-refractivity contribution in [2.45, 2.75) is 19.5 Å². The highest BCUT2D eigenvalue weighted by molar-refractivity contribution is 6.31. The first kappa shape index (κ1) is 15.5. The van der Waals surface area contributed by atoms with E-state index in [4.69, 9.17) is 16.3 Å². The normalized spacial score (nSPS) is 12.1. The number of ether oxygens (including phenoxy) is 1. The van der Waals surface area contributed by atoms with E-state index < -0.39 is 0 Å². The Kier molecular flexibility index (Phi) is 5.36. The lowest BCUT2D eigenvalue weighted by Gasteiger charge is -2.11. The second-order valence-corrected chi connectivity index (χ2v) is 5.26. The quantitative estimate of drug-likeness (QED) is 0.891. The van der Waals surface area contributed by atoms with Crippen LogP contribution >= 0.6 is 11.6 Å². The SMILES string of the molecule is COCC(C)NC(=O)c1cnn(Cc2ccccc2Cl)c1. The number of carbonyl (C=O) groups is 1. The van der Waals surface area contributed by atoms with Gasteiger partial charge in [0.2, 0.25) is 0 Å². The van der Waals surface area contributed by atoms with Crippen LogP contribution in [0.1, 0.15) is 22.8 Å². The van der Waals surface area contributed by atoms with E-state index >= 15 is 0 Å². The molecule has 0 aliphatic rings. The minimum atomic E-state index is -0.162. The number of benzene rings is 1. The van der Waals surface area contributed by atoms with Crippen LogP contribution in [0.5, 0.6) is 0 Å². The molecular formula is C15H18ClN3O2. The second-order valence-electron chi connectivity index (χ2n) is 4.85. The highest BCUT2D eigenvalue weighted by Gasteiger charge is 2.12. The van der Waals surface area contributed by atoms with Crippen molar-refractivity contribution in [3.63, 3.8) is 0 Å². The molecule has 1 amide bonds. The van der Waals surface area contributed by atoms with Gasteiger partial charge in [0.15, 0.2) is 0 Å². The molecule has 21 heavy (non-hydrogen) atoms. The van der Waals surface area contributed by atoms with Gasteiger partial charge in [-0.2, -0.15) is 5.10 Å². The molecule has 0 aliphatic heterocycles. The van der Waals surface area contributed by atoms with E-state index in [0.717, 1.165) is 5.56 Å². The molecule has 1 N–H and O–H groups in total. The molecule has 0 fully saturated rings. The van der Waals surface area contributed by atoms with Crippen LogP contribution < -0.4 is 5.32 Å². The predicted octanol–water partition coefficient (Wildman–Crippen LogP) is 2.35. The Balaban J connectivity index is 2.01. The fourth-order valence-corrected chi connectivity index (χ4v) is 2.16. The molecule has 0 radical (unpaired) electrons. The number of carbonyl (C=O) groups excluding carboxylic acids is 1. The van der Waals surface area contributed by atoms with Gasteiger partial charge >= 0.3 is 0 Å². The molecule has 5 nitrogen and oxygen atoms in total. The molecule has 1 unspecified atom stereocenters. The fourth-order valence-electron chi connectivity index (χ4n) is 1.97. The van der Waals surface area contributed by atoms with Gasteiger partial charge in [0.25, 0.3) is 5.91 Å². The van der Waals surface area contributed by atoms with E-state index in [2.05, 4.69) is 10.4 Å². The van der Waals surface area contributed by atoms with Gasteiger partial charge < -0.3 is 10.1 Å². The Morgan fingerprint density at radius 2 is 2.24 bits per heavy atom. The van der Waals surface area contributed by atoms with Gasteiger partial charge in [-0.1, -0.05) is 29.8 Å². The molecule has 0 bridgehead atoms. The topological polar surface area (TPSA) is 56.1 Å². The number of aromatic nitrogens is 2. The van der Waals surface area contributed by atoms with Crippen LogP contribution in [0.25, 0.3) is 0 Å². The predicted molar refractivity (Wildman–Crippen MR) is 81.6 cm³/mol. The first-order valence-corrected chi connectivity index (χ1v) is 7.03. The number of halogens is 1. The summed E-state index contributed by atoms with van der Waals surface area (Å²) in [7, 11) is 1.60. The summed E-state index contributed by atoms with van der Waals surface area (Å²) < 4.78 is 6.68. The third kappa shape index (κ3) is 4.31. The highest BCUT2D eigenvalue weighted by atomic mass is 35.5. The summed E-state index contributed by atoms with van der Waals surface area (Å²) in [5, 5.41) is 7.72. The lowest BCUT2D eigenvalue weighted by molar-refractivity contribution is 0.0905. The molecule has 6 heteroatoms. The number of hydrogen-bond donors (Lipinski definition) is 1. The molecule has 1 heterocycles. The van der Waals surface area contributed by atoms with Crippen LogP contribution in [0, 0.1) is 0 Å². The van der Waals surface area contributed by atoms with E-state index in [-0.39, 0.29) is 11.9 Å². The van der Waals surface area contributed by atoms with Gasteiger partial charge in [-0.3, -0.25) is 9.48 Å². The maximum absolute atomic E-state index is 12.0. The molecule has 0 spiro atoms. The molecule has 112 valence electrons. The summed E-state index contributed by atoms with van der Waals surface area (Å²) in [5.74, 6) is -0.162. The van der Waals surface area contributed by atoms with Crippen molar-refractivity contribution in [1.29, 1.82) is 0 Å². The van der Waals surface area contributed by atoms with E-state index in [1.54, 1.807) is 24.2 Å². The zero-order valence-corrected chi connectivity index (χ0v) is 12.8. The number of nitrogens with zero attached hydrogens (tertiary/aromatic N) is 2. The van der Waals surface area contributed by atoms with Gasteiger partial charge in [-0.15, -0.1) is 0 Å². The van der Waals surface area contributed by atoms with Crippen molar-refractivity contribution in [2.24, 2.45) is 0 Å². The van der Waals surface area contributed by atoms with Gasteiger partial charge in [-0.05, 0) is 18.6 Å². The molecule has 1 aromatic heterocycles. The van der Waals surface area contributed by atoms with Crippen molar-refractivity contribution in [3.8, 4) is 0 Å². The molecule has 1 aromatic carbocycles. The molecule has 0 saturated carbocycles. The van der Waals surface area contributed by atoms with E-state index in [1.807, 2.05) is 31.2 Å². The van der Waals surface area contributed by atoms with Crippen molar-refractivity contribution in [2.75, 3.05) is 13.7 Å². The van der Waals surface area contributed by atoms with Crippen LogP contribution in [0.3, 0.4) is 0 Å². The van der Waals surface area contributed by atoms with Gasteiger partial charge in [-0.25, -0.2) is 0 Å². The molecule has 0 saturated heterocycles. The minimum absolute atomic E-state index is 0.0468. The summed E-state index contributed by atoms with van der Waals surface area (Å²) in [6.07, 6.45) is 3.25. The largest absolute Gasteiger partial charge is 0.383 e. The maximum atomic E-state index is 12.0. The van der Waals surface area contributed by atoms with Gasteiger partial charge in [0, 0.05) is 24.4 Å². The Morgan fingerprint density at radius 3 is 2.95 bits per heavy atom. The number of methoxy groups -OCH3 is 1. The Hall–Kier alpha value is -1.85. The van der Waals surface area contributed by atoms with Crippen LogP contribution in [0.15, 0.2) is 36.7 Å². The van der Waals surface area contributed by atoms with Crippen molar-refractivity contribution >= 4 is 17.5 Å². The lowest BCUT2D eigenvalue weighted by Crippen LogP contribution is -2.35. The maximum Gasteiger partial charge on any atom is 0.254 e. The third-order valence-corrected chi connectivity index (χ3v) is 3.35. The second kappa shape index (κ2) is 7.24. The first-order valence-electron chi connectivity index (χ1n) is 6.66. The number of rotatable bonds is 6. The Bertz CT molecular complexity index is 612. The monoisotopic (exact) mass is 307 g/mol. The average molecular weight is 308 g/mol. The molecule has 2 rings (SSSR count). The van der Waals surface area contributed by atoms with E-state index in [9.17, 15) is 4.79 Å². The fraction of sp³-hybridized carbons (Fsp3) is 0.333. The zero-order chi connectivity index (χ0) is 15.2. The van der Waals surface area contributed by atoms with Gasteiger partial charge in [0.1, 0.15) is 0 Å². The lowest BCUT2D eigenvalue weighted by atomic mass is 10.2.